The number of rotatable bonds is 8. The minimum atomic E-state index is -3.59. The minimum absolute atomic E-state index is 0.0416. The van der Waals surface area contributed by atoms with Crippen molar-refractivity contribution in [2.75, 3.05) is 26.2 Å². The molecule has 1 amide bonds. The van der Waals surface area contributed by atoms with E-state index in [2.05, 4.69) is 12.2 Å². The summed E-state index contributed by atoms with van der Waals surface area (Å²) in [5.41, 5.74) is 0. The molecule has 0 aliphatic carbocycles. The molecule has 0 radical (unpaired) electrons. The van der Waals surface area contributed by atoms with Crippen LogP contribution in [0.1, 0.15) is 39.5 Å². The van der Waals surface area contributed by atoms with E-state index in [1.807, 2.05) is 6.92 Å². The molecule has 1 heterocycles. The molecule has 0 unspecified atom stereocenters. The molecule has 140 valence electrons. The van der Waals surface area contributed by atoms with Crippen molar-refractivity contribution in [3.63, 3.8) is 0 Å². The van der Waals surface area contributed by atoms with Crippen LogP contribution in [-0.4, -0.2) is 44.9 Å². The van der Waals surface area contributed by atoms with Crippen LogP contribution in [0.3, 0.4) is 0 Å². The zero-order valence-electron chi connectivity index (χ0n) is 15.0. The lowest BCUT2D eigenvalue weighted by atomic mass is 9.99. The third kappa shape index (κ3) is 5.19. The fraction of sp³-hybridized carbons (Fsp3) is 0.611. The van der Waals surface area contributed by atoms with E-state index in [9.17, 15) is 13.2 Å². The summed E-state index contributed by atoms with van der Waals surface area (Å²) >= 11 is 0. The van der Waals surface area contributed by atoms with E-state index in [1.54, 1.807) is 24.3 Å². The van der Waals surface area contributed by atoms with E-state index < -0.39 is 10.0 Å². The van der Waals surface area contributed by atoms with E-state index >= 15 is 0 Å². The Labute approximate surface area is 150 Å². The second kappa shape index (κ2) is 9.20. The van der Waals surface area contributed by atoms with Crippen LogP contribution in [0.25, 0.3) is 0 Å². The number of hydrogen-bond donors (Lipinski definition) is 1. The van der Waals surface area contributed by atoms with Crippen molar-refractivity contribution in [3.8, 4) is 5.75 Å². The third-order valence-electron chi connectivity index (χ3n) is 4.36. The van der Waals surface area contributed by atoms with Crippen LogP contribution in [0, 0.1) is 5.92 Å². The molecule has 6 nitrogen and oxygen atoms in total. The van der Waals surface area contributed by atoms with Gasteiger partial charge in [-0.05, 0) is 50.5 Å². The van der Waals surface area contributed by atoms with Crippen LogP contribution in [0.5, 0.6) is 5.75 Å². The van der Waals surface area contributed by atoms with Crippen LogP contribution in [-0.2, 0) is 14.8 Å². The molecule has 1 aromatic rings. The number of carbonyl (C=O) groups is 1. The average Bonchev–Trinajstić information content (AvgIpc) is 2.63. The molecule has 1 aromatic carbocycles. The standard InChI is InChI=1S/C18H28N2O4S/c1-3-5-12-19-18(21)15-7-6-13-20(14-15)25(22,23)17-10-8-16(9-11-17)24-4-2/h8-11,15H,3-7,12-14H2,1-2H3,(H,19,21)/t15-/m1/s1. The molecule has 1 aliphatic heterocycles. The topological polar surface area (TPSA) is 75.7 Å². The number of hydrogen-bond acceptors (Lipinski definition) is 4. The summed E-state index contributed by atoms with van der Waals surface area (Å²) in [7, 11) is -3.59. The van der Waals surface area contributed by atoms with Gasteiger partial charge < -0.3 is 10.1 Å². The number of nitrogens with one attached hydrogen (secondary N) is 1. The minimum Gasteiger partial charge on any atom is -0.494 e. The SMILES string of the molecule is CCCCNC(=O)[C@@H]1CCCN(S(=O)(=O)c2ccc(OCC)cc2)C1. The fourth-order valence-corrected chi connectivity index (χ4v) is 4.45. The Morgan fingerprint density at radius 2 is 2.00 bits per heavy atom. The average molecular weight is 368 g/mol. The lowest BCUT2D eigenvalue weighted by Gasteiger charge is -2.31. The van der Waals surface area contributed by atoms with Gasteiger partial charge in [0.1, 0.15) is 5.75 Å². The van der Waals surface area contributed by atoms with E-state index in [0.29, 0.717) is 31.9 Å². The molecule has 0 aromatic heterocycles. The van der Waals surface area contributed by atoms with Gasteiger partial charge in [0.25, 0.3) is 0 Å². The highest BCUT2D eigenvalue weighted by atomic mass is 32.2. The first kappa shape index (κ1) is 19.7. The molecule has 2 rings (SSSR count). The summed E-state index contributed by atoms with van der Waals surface area (Å²) in [6, 6.07) is 6.45. The van der Waals surface area contributed by atoms with Crippen LogP contribution in [0.4, 0.5) is 0 Å². The van der Waals surface area contributed by atoms with E-state index in [-0.39, 0.29) is 23.3 Å². The van der Waals surface area contributed by atoms with Crippen molar-refractivity contribution in [1.29, 1.82) is 0 Å². The number of piperidine rings is 1. The van der Waals surface area contributed by atoms with Crippen LogP contribution in [0.2, 0.25) is 0 Å². The first-order valence-electron chi connectivity index (χ1n) is 8.99. The summed E-state index contributed by atoms with van der Waals surface area (Å²) in [5.74, 6) is 0.330. The number of sulfonamides is 1. The Kier molecular flexibility index (Phi) is 7.25. The Balaban J connectivity index is 2.04. The van der Waals surface area contributed by atoms with Gasteiger partial charge >= 0.3 is 0 Å². The van der Waals surface area contributed by atoms with Crippen LogP contribution >= 0.6 is 0 Å². The van der Waals surface area contributed by atoms with Gasteiger partial charge in [0.15, 0.2) is 0 Å². The zero-order valence-corrected chi connectivity index (χ0v) is 15.8. The smallest absolute Gasteiger partial charge is 0.243 e. The Bertz CT molecular complexity index is 658. The maximum atomic E-state index is 12.8. The summed E-state index contributed by atoms with van der Waals surface area (Å²) in [5, 5.41) is 2.91. The van der Waals surface area contributed by atoms with Crippen LogP contribution in [0.15, 0.2) is 29.2 Å². The Morgan fingerprint density at radius 1 is 1.28 bits per heavy atom. The first-order chi connectivity index (χ1) is 12.0. The highest BCUT2D eigenvalue weighted by Gasteiger charge is 2.33. The number of benzene rings is 1. The quantitative estimate of drug-likeness (QED) is 0.715. The lowest BCUT2D eigenvalue weighted by Crippen LogP contribution is -2.45. The van der Waals surface area contributed by atoms with Gasteiger partial charge in [0, 0.05) is 19.6 Å². The molecule has 0 saturated carbocycles. The second-order valence-electron chi connectivity index (χ2n) is 6.25. The number of amides is 1. The van der Waals surface area contributed by atoms with Crippen molar-refractivity contribution in [1.82, 2.24) is 9.62 Å². The van der Waals surface area contributed by atoms with Gasteiger partial charge in [0.2, 0.25) is 15.9 Å². The van der Waals surface area contributed by atoms with Crippen LogP contribution < -0.4 is 10.1 Å². The summed E-state index contributed by atoms with van der Waals surface area (Å²) in [4.78, 5) is 12.5. The van der Waals surface area contributed by atoms with Gasteiger partial charge in [-0.2, -0.15) is 4.31 Å². The fourth-order valence-electron chi connectivity index (χ4n) is 2.93. The van der Waals surface area contributed by atoms with Gasteiger partial charge in [-0.1, -0.05) is 13.3 Å². The monoisotopic (exact) mass is 368 g/mol. The summed E-state index contributed by atoms with van der Waals surface area (Å²) in [6.07, 6.45) is 3.38. The highest BCUT2D eigenvalue weighted by molar-refractivity contribution is 7.89. The molecule has 0 bridgehead atoms. The molecule has 1 N–H and O–H groups in total. The number of carbonyl (C=O) groups excluding carboxylic acids is 1. The number of ether oxygens (including phenoxy) is 1. The molecule has 7 heteroatoms. The van der Waals surface area contributed by atoms with Gasteiger partial charge in [-0.3, -0.25) is 4.79 Å². The Morgan fingerprint density at radius 3 is 2.64 bits per heavy atom. The summed E-state index contributed by atoms with van der Waals surface area (Å²) < 4.78 is 32.5. The van der Waals surface area contributed by atoms with E-state index in [4.69, 9.17) is 4.74 Å². The lowest BCUT2D eigenvalue weighted by molar-refractivity contribution is -0.126. The highest BCUT2D eigenvalue weighted by Crippen LogP contribution is 2.25. The third-order valence-corrected chi connectivity index (χ3v) is 6.24. The maximum absolute atomic E-state index is 12.8. The zero-order chi connectivity index (χ0) is 18.3. The van der Waals surface area contributed by atoms with E-state index in [1.165, 1.54) is 4.31 Å². The predicted octanol–water partition coefficient (Wildman–Crippen LogP) is 2.40. The molecule has 25 heavy (non-hydrogen) atoms. The van der Waals surface area contributed by atoms with Gasteiger partial charge in [-0.25, -0.2) is 8.42 Å². The molecule has 0 spiro atoms. The van der Waals surface area contributed by atoms with Crippen molar-refractivity contribution in [3.05, 3.63) is 24.3 Å². The van der Waals surface area contributed by atoms with Crippen molar-refractivity contribution in [2.24, 2.45) is 5.92 Å². The largest absolute Gasteiger partial charge is 0.494 e. The molecule has 1 fully saturated rings. The number of nitrogens with zero attached hydrogens (tertiary/aromatic N) is 1. The maximum Gasteiger partial charge on any atom is 0.243 e. The molecule has 1 atom stereocenters. The summed E-state index contributed by atoms with van der Waals surface area (Å²) in [6.45, 7) is 5.83. The normalized spacial score (nSPS) is 18.7. The number of unbranched alkanes of at least 4 members (excludes halogenated alkanes) is 1. The molecule has 1 aliphatic rings. The first-order valence-corrected chi connectivity index (χ1v) is 10.4. The molecular formula is C18H28N2O4S. The van der Waals surface area contributed by atoms with Crippen molar-refractivity contribution >= 4 is 15.9 Å². The predicted molar refractivity (Wildman–Crippen MR) is 97.0 cm³/mol. The van der Waals surface area contributed by atoms with Crippen molar-refractivity contribution in [2.45, 2.75) is 44.4 Å². The second-order valence-corrected chi connectivity index (χ2v) is 8.19. The van der Waals surface area contributed by atoms with Crippen molar-refractivity contribution < 1.29 is 17.9 Å². The van der Waals surface area contributed by atoms with Gasteiger partial charge in [-0.15, -0.1) is 0 Å². The van der Waals surface area contributed by atoms with E-state index in [0.717, 1.165) is 19.3 Å². The molecule has 1 saturated heterocycles. The van der Waals surface area contributed by atoms with Gasteiger partial charge in [0.05, 0.1) is 17.4 Å². The Hall–Kier alpha value is -1.60. The molecular weight excluding hydrogens is 340 g/mol.